The normalized spacial score (nSPS) is 15.7. The second-order valence-electron chi connectivity index (χ2n) is 11.8. The van der Waals surface area contributed by atoms with Crippen LogP contribution in [0, 0.1) is 12.7 Å². The van der Waals surface area contributed by atoms with Crippen LogP contribution in [0.15, 0.2) is 46.2 Å². The first-order valence-electron chi connectivity index (χ1n) is 14.8. The molecule has 0 spiro atoms. The summed E-state index contributed by atoms with van der Waals surface area (Å²) in [5, 5.41) is 4.85. The summed E-state index contributed by atoms with van der Waals surface area (Å²) < 4.78 is 70.3. The Bertz CT molecular complexity index is 1860. The molecule has 248 valence electrons. The number of halogens is 4. The third-order valence-electron chi connectivity index (χ3n) is 8.34. The Morgan fingerprint density at radius 3 is 2.43 bits per heavy atom. The fourth-order valence-electron chi connectivity index (χ4n) is 5.84. The molecule has 3 aromatic heterocycles. The van der Waals surface area contributed by atoms with Crippen molar-refractivity contribution in [3.05, 3.63) is 74.4 Å². The molecule has 0 aliphatic carbocycles. The number of benzene rings is 1. The van der Waals surface area contributed by atoms with Crippen LogP contribution in [0.1, 0.15) is 57.3 Å². The highest BCUT2D eigenvalue weighted by molar-refractivity contribution is 7.21. The third-order valence-corrected chi connectivity index (χ3v) is 9.65. The average molecular weight is 666 g/mol. The van der Waals surface area contributed by atoms with E-state index in [-0.39, 0.29) is 21.5 Å². The molecule has 1 unspecified atom stereocenters. The molecule has 1 aromatic carbocycles. The van der Waals surface area contributed by atoms with E-state index < -0.39 is 53.4 Å². The summed E-state index contributed by atoms with van der Waals surface area (Å²) in [5.41, 5.74) is -2.91. The number of amides is 1. The monoisotopic (exact) mass is 665 g/mol. The van der Waals surface area contributed by atoms with Gasteiger partial charge in [-0.1, -0.05) is 11.3 Å². The highest BCUT2D eigenvalue weighted by atomic mass is 32.1. The van der Waals surface area contributed by atoms with Gasteiger partial charge in [-0.15, -0.1) is 0 Å². The first-order chi connectivity index (χ1) is 21.7. The Labute approximate surface area is 265 Å². The van der Waals surface area contributed by atoms with Crippen LogP contribution in [0.5, 0.6) is 5.75 Å². The second-order valence-corrected chi connectivity index (χ2v) is 12.8. The standard InChI is InChI=1S/C31H35F4N5O5S/c1-18-24-25(41)40(30(3,4)28(42)37-13-7-6-8-14-37)29(43)38(27(24)46-26(18)39-15-9-12-36-39)17-23(45-19(2)31(33,34)35)21-16-20(32)10-11-22(21)44-5/h9-12,15-16,19,23H,6-8,13-14,17H2,1-5H3/t19?,23-/m0/s1. The van der Waals surface area contributed by atoms with Gasteiger partial charge in [-0.05, 0) is 71.2 Å². The molecule has 2 atom stereocenters. The summed E-state index contributed by atoms with van der Waals surface area (Å²) in [7, 11) is 1.28. The van der Waals surface area contributed by atoms with Gasteiger partial charge in [-0.3, -0.25) is 14.2 Å². The van der Waals surface area contributed by atoms with Gasteiger partial charge in [0.15, 0.2) is 6.10 Å². The van der Waals surface area contributed by atoms with E-state index in [1.807, 2.05) is 0 Å². The van der Waals surface area contributed by atoms with Crippen molar-refractivity contribution in [1.82, 2.24) is 23.8 Å². The van der Waals surface area contributed by atoms with E-state index in [0.717, 1.165) is 58.8 Å². The van der Waals surface area contributed by atoms with E-state index in [1.54, 1.807) is 24.1 Å². The first kappa shape index (κ1) is 33.4. The third kappa shape index (κ3) is 6.09. The van der Waals surface area contributed by atoms with Crippen LogP contribution in [-0.4, -0.2) is 62.2 Å². The summed E-state index contributed by atoms with van der Waals surface area (Å²) in [4.78, 5) is 44.4. The van der Waals surface area contributed by atoms with Gasteiger partial charge in [0, 0.05) is 36.6 Å². The Morgan fingerprint density at radius 1 is 1.13 bits per heavy atom. The minimum atomic E-state index is -4.78. The topological polar surface area (TPSA) is 101 Å². The number of fused-ring (bicyclic) bond motifs is 1. The van der Waals surface area contributed by atoms with E-state index >= 15 is 0 Å². The molecule has 0 N–H and O–H groups in total. The number of nitrogens with zero attached hydrogens (tertiary/aromatic N) is 5. The fraction of sp³-hybridized carbons (Fsp3) is 0.484. The molecule has 4 aromatic rings. The molecule has 0 saturated carbocycles. The lowest BCUT2D eigenvalue weighted by Crippen LogP contribution is -2.57. The lowest BCUT2D eigenvalue weighted by molar-refractivity contribution is -0.229. The van der Waals surface area contributed by atoms with Gasteiger partial charge >= 0.3 is 11.9 Å². The predicted molar refractivity (Wildman–Crippen MR) is 164 cm³/mol. The maximum Gasteiger partial charge on any atom is 0.414 e. The van der Waals surface area contributed by atoms with Crippen LogP contribution >= 0.6 is 11.3 Å². The molecule has 1 aliphatic heterocycles. The number of carbonyl (C=O) groups excluding carboxylic acids is 1. The minimum absolute atomic E-state index is 0.0404. The van der Waals surface area contributed by atoms with Crippen LogP contribution in [0.4, 0.5) is 17.6 Å². The first-order valence-corrected chi connectivity index (χ1v) is 15.6. The van der Waals surface area contributed by atoms with E-state index in [2.05, 4.69) is 5.10 Å². The molecule has 1 amide bonds. The fourth-order valence-corrected chi connectivity index (χ4v) is 7.08. The molecule has 0 radical (unpaired) electrons. The molecular weight excluding hydrogens is 630 g/mol. The quantitative estimate of drug-likeness (QED) is 0.225. The molecule has 46 heavy (non-hydrogen) atoms. The van der Waals surface area contributed by atoms with Crippen molar-refractivity contribution in [3.8, 4) is 10.8 Å². The van der Waals surface area contributed by atoms with Crippen molar-refractivity contribution in [2.75, 3.05) is 20.2 Å². The number of aryl methyl sites for hydroxylation is 1. The van der Waals surface area contributed by atoms with Crippen LogP contribution in [0.2, 0.25) is 0 Å². The number of methoxy groups -OCH3 is 1. The van der Waals surface area contributed by atoms with Crippen LogP contribution < -0.4 is 16.0 Å². The zero-order chi connectivity index (χ0) is 33.6. The van der Waals surface area contributed by atoms with Crippen LogP contribution in [-0.2, 0) is 21.6 Å². The van der Waals surface area contributed by atoms with Gasteiger partial charge in [0.05, 0.1) is 19.0 Å². The van der Waals surface area contributed by atoms with Crippen molar-refractivity contribution in [2.45, 2.75) is 77.4 Å². The number of ether oxygens (including phenoxy) is 2. The summed E-state index contributed by atoms with van der Waals surface area (Å²) in [6.07, 6.45) is -2.96. The number of hydrogen-bond donors (Lipinski definition) is 0. The molecule has 10 nitrogen and oxygen atoms in total. The molecule has 0 bridgehead atoms. The summed E-state index contributed by atoms with van der Waals surface area (Å²) in [5.74, 6) is -1.14. The highest BCUT2D eigenvalue weighted by Gasteiger charge is 2.41. The number of rotatable bonds is 9. The largest absolute Gasteiger partial charge is 0.496 e. The van der Waals surface area contributed by atoms with Crippen molar-refractivity contribution >= 4 is 27.5 Å². The zero-order valence-electron chi connectivity index (χ0n) is 26.1. The number of thiophene rings is 1. The Hall–Kier alpha value is -3.98. The van der Waals surface area contributed by atoms with Gasteiger partial charge in [0.1, 0.15) is 33.0 Å². The molecule has 1 fully saturated rings. The van der Waals surface area contributed by atoms with Crippen molar-refractivity contribution < 1.29 is 31.8 Å². The number of aromatic nitrogens is 4. The van der Waals surface area contributed by atoms with E-state index in [0.29, 0.717) is 23.7 Å². The van der Waals surface area contributed by atoms with Crippen molar-refractivity contribution in [1.29, 1.82) is 0 Å². The number of hydrogen-bond acceptors (Lipinski definition) is 7. The highest BCUT2D eigenvalue weighted by Crippen LogP contribution is 2.37. The van der Waals surface area contributed by atoms with Gasteiger partial charge < -0.3 is 14.4 Å². The van der Waals surface area contributed by atoms with Gasteiger partial charge in [-0.25, -0.2) is 18.4 Å². The molecule has 15 heteroatoms. The summed E-state index contributed by atoms with van der Waals surface area (Å²) in [6, 6.07) is 5.01. The van der Waals surface area contributed by atoms with E-state index in [1.165, 1.54) is 37.9 Å². The lowest BCUT2D eigenvalue weighted by Gasteiger charge is -2.35. The predicted octanol–water partition coefficient (Wildman–Crippen LogP) is 5.32. The SMILES string of the molecule is COc1ccc(F)cc1[C@H](Cn1c(=O)n(C(C)(C)C(=O)N2CCCCC2)c(=O)c2c(C)c(-n3cccn3)sc21)OC(C)C(F)(F)F. The van der Waals surface area contributed by atoms with Crippen LogP contribution in [0.3, 0.4) is 0 Å². The van der Waals surface area contributed by atoms with E-state index in [4.69, 9.17) is 9.47 Å². The van der Waals surface area contributed by atoms with Crippen molar-refractivity contribution in [3.63, 3.8) is 0 Å². The lowest BCUT2D eigenvalue weighted by atomic mass is 10.00. The summed E-state index contributed by atoms with van der Waals surface area (Å²) in [6.45, 7) is 5.82. The Kier molecular flexibility index (Phi) is 9.19. The summed E-state index contributed by atoms with van der Waals surface area (Å²) >= 11 is 1.04. The van der Waals surface area contributed by atoms with E-state index in [9.17, 15) is 31.9 Å². The number of carbonyl (C=O) groups is 1. The minimum Gasteiger partial charge on any atom is -0.496 e. The van der Waals surface area contributed by atoms with Gasteiger partial charge in [-0.2, -0.15) is 18.3 Å². The second kappa shape index (κ2) is 12.7. The number of piperidine rings is 1. The zero-order valence-corrected chi connectivity index (χ0v) is 26.9. The van der Waals surface area contributed by atoms with Gasteiger partial charge in [0.25, 0.3) is 5.56 Å². The number of alkyl halides is 3. The molecule has 1 saturated heterocycles. The van der Waals surface area contributed by atoms with Crippen LogP contribution in [0.25, 0.3) is 15.2 Å². The molecule has 4 heterocycles. The smallest absolute Gasteiger partial charge is 0.414 e. The maximum absolute atomic E-state index is 14.5. The number of likely N-dealkylation sites (tertiary alicyclic amines) is 1. The maximum atomic E-state index is 14.5. The average Bonchev–Trinajstić information content (AvgIpc) is 3.66. The van der Waals surface area contributed by atoms with Gasteiger partial charge in [0.2, 0.25) is 5.91 Å². The Balaban J connectivity index is 1.78. The molecule has 1 aliphatic rings. The Morgan fingerprint density at radius 2 is 1.83 bits per heavy atom. The van der Waals surface area contributed by atoms with Crippen molar-refractivity contribution in [2.24, 2.45) is 0 Å². The molecule has 5 rings (SSSR count). The molecular formula is C31H35F4N5O5S.